The number of oxazole rings is 1. The Labute approximate surface area is 101 Å². The average Bonchev–Trinajstić information content (AvgIpc) is 2.73. The number of hydrogen-bond acceptors (Lipinski definition) is 4. The number of aromatic nitrogens is 1. The van der Waals surface area contributed by atoms with Gasteiger partial charge < -0.3 is 13.9 Å². The summed E-state index contributed by atoms with van der Waals surface area (Å²) in [5.41, 5.74) is 1.60. The summed E-state index contributed by atoms with van der Waals surface area (Å²) in [6.45, 7) is 1.74. The summed E-state index contributed by atoms with van der Waals surface area (Å²) in [7, 11) is 0. The van der Waals surface area contributed by atoms with Gasteiger partial charge >= 0.3 is 0 Å². The fourth-order valence-corrected chi connectivity index (χ4v) is 2.02. The SMILES string of the molecule is Brc1ccc2nc(C3COCCO3)oc2c1. The van der Waals surface area contributed by atoms with Gasteiger partial charge in [0.15, 0.2) is 11.7 Å². The van der Waals surface area contributed by atoms with Crippen molar-refractivity contribution < 1.29 is 13.9 Å². The van der Waals surface area contributed by atoms with Crippen LogP contribution in [0.25, 0.3) is 11.1 Å². The predicted octanol–water partition coefficient (Wildman–Crippen LogP) is 2.68. The van der Waals surface area contributed by atoms with Crippen LogP contribution in [-0.2, 0) is 9.47 Å². The molecule has 0 amide bonds. The molecule has 1 atom stereocenters. The maximum Gasteiger partial charge on any atom is 0.227 e. The maximum atomic E-state index is 5.64. The Morgan fingerprint density at radius 1 is 1.31 bits per heavy atom. The van der Waals surface area contributed by atoms with Crippen molar-refractivity contribution in [2.24, 2.45) is 0 Å². The Morgan fingerprint density at radius 2 is 2.25 bits per heavy atom. The highest BCUT2D eigenvalue weighted by molar-refractivity contribution is 9.10. The quantitative estimate of drug-likeness (QED) is 0.807. The van der Waals surface area contributed by atoms with Crippen molar-refractivity contribution >= 4 is 27.0 Å². The van der Waals surface area contributed by atoms with Gasteiger partial charge in [-0.25, -0.2) is 4.98 Å². The van der Waals surface area contributed by atoms with Crippen molar-refractivity contribution in [3.05, 3.63) is 28.6 Å². The number of benzene rings is 1. The van der Waals surface area contributed by atoms with E-state index in [1.807, 2.05) is 18.2 Å². The number of halogens is 1. The summed E-state index contributed by atoms with van der Waals surface area (Å²) in [4.78, 5) is 4.38. The topological polar surface area (TPSA) is 44.5 Å². The van der Waals surface area contributed by atoms with Gasteiger partial charge in [0.2, 0.25) is 5.89 Å². The average molecular weight is 284 g/mol. The zero-order valence-electron chi connectivity index (χ0n) is 8.48. The van der Waals surface area contributed by atoms with E-state index in [9.17, 15) is 0 Å². The predicted molar refractivity (Wildman–Crippen MR) is 61.2 cm³/mol. The van der Waals surface area contributed by atoms with Gasteiger partial charge in [0.05, 0.1) is 19.8 Å². The molecule has 0 radical (unpaired) electrons. The van der Waals surface area contributed by atoms with Gasteiger partial charge in [0, 0.05) is 4.47 Å². The molecule has 5 heteroatoms. The van der Waals surface area contributed by atoms with Crippen LogP contribution in [0, 0.1) is 0 Å². The van der Waals surface area contributed by atoms with E-state index in [2.05, 4.69) is 20.9 Å². The highest BCUT2D eigenvalue weighted by Crippen LogP contribution is 2.26. The lowest BCUT2D eigenvalue weighted by molar-refractivity contribution is -0.0991. The number of ether oxygens (including phenoxy) is 2. The number of nitrogens with zero attached hydrogens (tertiary/aromatic N) is 1. The Kier molecular flexibility index (Phi) is 2.67. The molecular weight excluding hydrogens is 274 g/mol. The van der Waals surface area contributed by atoms with Gasteiger partial charge in [-0.3, -0.25) is 0 Å². The lowest BCUT2D eigenvalue weighted by atomic mass is 10.3. The van der Waals surface area contributed by atoms with E-state index < -0.39 is 0 Å². The van der Waals surface area contributed by atoms with Crippen LogP contribution >= 0.6 is 15.9 Å². The maximum absolute atomic E-state index is 5.64. The third-order valence-corrected chi connectivity index (χ3v) is 2.95. The van der Waals surface area contributed by atoms with Crippen LogP contribution < -0.4 is 0 Å². The summed E-state index contributed by atoms with van der Waals surface area (Å²) in [6.07, 6.45) is -0.181. The molecule has 1 aromatic heterocycles. The van der Waals surface area contributed by atoms with E-state index in [0.717, 1.165) is 15.6 Å². The first-order valence-corrected chi connectivity index (χ1v) is 5.87. The van der Waals surface area contributed by atoms with Crippen molar-refractivity contribution in [1.29, 1.82) is 0 Å². The first-order valence-electron chi connectivity index (χ1n) is 5.08. The Bertz CT molecular complexity index is 505. The molecule has 0 N–H and O–H groups in total. The van der Waals surface area contributed by atoms with Crippen molar-refractivity contribution in [3.8, 4) is 0 Å². The minimum atomic E-state index is -0.181. The van der Waals surface area contributed by atoms with Crippen LogP contribution in [0.4, 0.5) is 0 Å². The van der Waals surface area contributed by atoms with E-state index in [-0.39, 0.29) is 6.10 Å². The van der Waals surface area contributed by atoms with E-state index in [1.165, 1.54) is 0 Å². The molecule has 0 saturated carbocycles. The minimum Gasteiger partial charge on any atom is -0.438 e. The van der Waals surface area contributed by atoms with Gasteiger partial charge in [0.1, 0.15) is 5.52 Å². The molecule has 1 unspecified atom stereocenters. The number of hydrogen-bond donors (Lipinski definition) is 0. The van der Waals surface area contributed by atoms with Gasteiger partial charge in [-0.1, -0.05) is 15.9 Å². The van der Waals surface area contributed by atoms with Crippen LogP contribution in [-0.4, -0.2) is 24.8 Å². The van der Waals surface area contributed by atoms with Crippen LogP contribution in [0.15, 0.2) is 27.1 Å². The third-order valence-electron chi connectivity index (χ3n) is 2.46. The van der Waals surface area contributed by atoms with Gasteiger partial charge in [-0.15, -0.1) is 0 Å². The molecule has 0 spiro atoms. The molecule has 1 aromatic carbocycles. The van der Waals surface area contributed by atoms with Crippen LogP contribution in [0.5, 0.6) is 0 Å². The molecule has 16 heavy (non-hydrogen) atoms. The van der Waals surface area contributed by atoms with E-state index in [4.69, 9.17) is 13.9 Å². The molecule has 1 fully saturated rings. The van der Waals surface area contributed by atoms with Gasteiger partial charge in [-0.05, 0) is 18.2 Å². The Morgan fingerprint density at radius 3 is 3.06 bits per heavy atom. The summed E-state index contributed by atoms with van der Waals surface area (Å²) in [5, 5.41) is 0. The van der Waals surface area contributed by atoms with Crippen molar-refractivity contribution in [2.45, 2.75) is 6.10 Å². The zero-order chi connectivity index (χ0) is 11.0. The van der Waals surface area contributed by atoms with Crippen molar-refractivity contribution in [2.75, 3.05) is 19.8 Å². The van der Waals surface area contributed by atoms with Crippen molar-refractivity contribution in [3.63, 3.8) is 0 Å². The molecule has 3 rings (SSSR count). The summed E-state index contributed by atoms with van der Waals surface area (Å²) in [6, 6.07) is 5.75. The number of rotatable bonds is 1. The molecule has 1 saturated heterocycles. The van der Waals surface area contributed by atoms with E-state index in [1.54, 1.807) is 0 Å². The summed E-state index contributed by atoms with van der Waals surface area (Å²) < 4.78 is 17.5. The first kappa shape index (κ1) is 10.3. The molecule has 0 bridgehead atoms. The second-order valence-corrected chi connectivity index (χ2v) is 4.51. The summed E-state index contributed by atoms with van der Waals surface area (Å²) >= 11 is 3.39. The molecule has 2 heterocycles. The fourth-order valence-electron chi connectivity index (χ4n) is 1.68. The molecule has 0 aliphatic carbocycles. The lowest BCUT2D eigenvalue weighted by Crippen LogP contribution is -2.22. The Hall–Kier alpha value is -0.910. The van der Waals surface area contributed by atoms with Crippen LogP contribution in [0.2, 0.25) is 0 Å². The molecule has 1 aliphatic heterocycles. The standard InChI is InChI=1S/C11H10BrNO3/c12-7-1-2-8-9(5-7)16-11(13-8)10-6-14-3-4-15-10/h1-2,5,10H,3-4,6H2. The van der Waals surface area contributed by atoms with Crippen molar-refractivity contribution in [1.82, 2.24) is 4.98 Å². The molecule has 2 aromatic rings. The van der Waals surface area contributed by atoms with Gasteiger partial charge in [0.25, 0.3) is 0 Å². The second kappa shape index (κ2) is 4.16. The van der Waals surface area contributed by atoms with E-state index in [0.29, 0.717) is 25.7 Å². The minimum absolute atomic E-state index is 0.181. The van der Waals surface area contributed by atoms with Gasteiger partial charge in [-0.2, -0.15) is 0 Å². The third kappa shape index (κ3) is 1.86. The van der Waals surface area contributed by atoms with Crippen LogP contribution in [0.1, 0.15) is 12.0 Å². The number of fused-ring (bicyclic) bond motifs is 1. The highest BCUT2D eigenvalue weighted by atomic mass is 79.9. The smallest absolute Gasteiger partial charge is 0.227 e. The van der Waals surface area contributed by atoms with Crippen LogP contribution in [0.3, 0.4) is 0 Å². The molecule has 84 valence electrons. The first-order chi connectivity index (χ1) is 7.83. The molecule has 1 aliphatic rings. The zero-order valence-corrected chi connectivity index (χ0v) is 10.1. The molecule has 4 nitrogen and oxygen atoms in total. The largest absolute Gasteiger partial charge is 0.438 e. The fraction of sp³-hybridized carbons (Fsp3) is 0.364. The Balaban J connectivity index is 1.97. The highest BCUT2D eigenvalue weighted by Gasteiger charge is 2.22. The monoisotopic (exact) mass is 283 g/mol. The summed E-state index contributed by atoms with van der Waals surface area (Å²) in [5.74, 6) is 0.591. The second-order valence-electron chi connectivity index (χ2n) is 3.60. The van der Waals surface area contributed by atoms with E-state index >= 15 is 0 Å². The normalized spacial score (nSPS) is 21.4. The molecular formula is C11H10BrNO3. The lowest BCUT2D eigenvalue weighted by Gasteiger charge is -2.19.